The quantitative estimate of drug-likeness (QED) is 0.937. The lowest BCUT2D eigenvalue weighted by atomic mass is 9.90. The summed E-state index contributed by atoms with van der Waals surface area (Å²) in [6.07, 6.45) is 2.37. The molecule has 0 saturated carbocycles. The Balaban J connectivity index is 1.82. The molecule has 0 radical (unpaired) electrons. The van der Waals surface area contributed by atoms with E-state index < -0.39 is 0 Å². The average molecular weight is 286 g/mol. The van der Waals surface area contributed by atoms with Crippen LogP contribution in [0.25, 0.3) is 10.9 Å². The zero-order valence-electron chi connectivity index (χ0n) is 13.4. The minimum absolute atomic E-state index is 0.281. The number of para-hydroxylation sites is 1. The number of benzene rings is 1. The van der Waals surface area contributed by atoms with Crippen molar-refractivity contribution in [1.29, 1.82) is 0 Å². The molecule has 0 aliphatic carbocycles. The van der Waals surface area contributed by atoms with Gasteiger partial charge < -0.3 is 5.32 Å². The summed E-state index contributed by atoms with van der Waals surface area (Å²) in [6.45, 7) is 8.82. The van der Waals surface area contributed by atoms with Crippen LogP contribution in [0.1, 0.15) is 32.4 Å². The van der Waals surface area contributed by atoms with Crippen molar-refractivity contribution < 1.29 is 0 Å². The molecule has 1 aromatic heterocycles. The van der Waals surface area contributed by atoms with Gasteiger partial charge in [-0.25, -0.2) is 0 Å². The summed E-state index contributed by atoms with van der Waals surface area (Å²) in [5.41, 5.74) is 2.71. The average Bonchev–Trinajstić information content (AvgIpc) is 2.84. The first-order chi connectivity index (χ1) is 10.2. The Morgan fingerprint density at radius 1 is 1.24 bits per heavy atom. The van der Waals surface area contributed by atoms with Gasteiger partial charge in [-0.2, -0.15) is 5.10 Å². The van der Waals surface area contributed by atoms with Crippen LogP contribution < -0.4 is 5.32 Å². The van der Waals surface area contributed by atoms with Crippen molar-refractivity contribution in [3.8, 4) is 0 Å². The molecular weight excluding hydrogens is 260 g/mol. The molecule has 4 nitrogen and oxygen atoms in total. The Morgan fingerprint density at radius 3 is 2.76 bits per heavy atom. The number of rotatable bonds is 4. The zero-order valence-corrected chi connectivity index (χ0v) is 13.4. The lowest BCUT2D eigenvalue weighted by molar-refractivity contribution is 0.117. The third-order valence-corrected chi connectivity index (χ3v) is 5.02. The molecule has 1 aliphatic heterocycles. The molecule has 2 aromatic rings. The summed E-state index contributed by atoms with van der Waals surface area (Å²) in [7, 11) is 2.03. The molecule has 21 heavy (non-hydrogen) atoms. The minimum Gasteiger partial charge on any atom is -0.309 e. The Labute approximate surface area is 127 Å². The van der Waals surface area contributed by atoms with Crippen LogP contribution >= 0.6 is 0 Å². The molecular formula is C17H26N4. The van der Waals surface area contributed by atoms with E-state index in [0.29, 0.717) is 0 Å². The largest absolute Gasteiger partial charge is 0.309 e. The summed E-state index contributed by atoms with van der Waals surface area (Å²) < 4.78 is 2.00. The van der Waals surface area contributed by atoms with Gasteiger partial charge in [-0.05, 0) is 18.9 Å². The first kappa shape index (κ1) is 14.5. The lowest BCUT2D eigenvalue weighted by Gasteiger charge is -2.43. The number of hydrogen-bond acceptors (Lipinski definition) is 3. The van der Waals surface area contributed by atoms with Crippen LogP contribution in [0.2, 0.25) is 0 Å². The molecule has 2 heterocycles. The highest BCUT2D eigenvalue weighted by Gasteiger charge is 2.32. The third-order valence-electron chi connectivity index (χ3n) is 5.02. The van der Waals surface area contributed by atoms with E-state index in [0.717, 1.165) is 26.2 Å². The fraction of sp³-hybridized carbons (Fsp3) is 0.588. The van der Waals surface area contributed by atoms with E-state index in [1.54, 1.807) is 0 Å². The van der Waals surface area contributed by atoms with Gasteiger partial charge >= 0.3 is 0 Å². The van der Waals surface area contributed by atoms with E-state index in [2.05, 4.69) is 48.3 Å². The van der Waals surface area contributed by atoms with Crippen molar-refractivity contribution in [2.24, 2.45) is 7.05 Å². The van der Waals surface area contributed by atoms with Crippen molar-refractivity contribution in [3.05, 3.63) is 30.0 Å². The van der Waals surface area contributed by atoms with Gasteiger partial charge in [-0.15, -0.1) is 0 Å². The second kappa shape index (κ2) is 5.78. The smallest absolute Gasteiger partial charge is 0.0843 e. The number of piperazine rings is 1. The maximum absolute atomic E-state index is 4.74. The molecule has 1 saturated heterocycles. The van der Waals surface area contributed by atoms with Crippen LogP contribution in [0.5, 0.6) is 0 Å². The fourth-order valence-electron chi connectivity index (χ4n) is 3.52. The van der Waals surface area contributed by atoms with E-state index in [9.17, 15) is 0 Å². The van der Waals surface area contributed by atoms with Crippen molar-refractivity contribution in [2.75, 3.05) is 19.6 Å². The monoisotopic (exact) mass is 286 g/mol. The van der Waals surface area contributed by atoms with E-state index in [-0.39, 0.29) is 5.54 Å². The second-order valence-electron chi connectivity index (χ2n) is 6.21. The molecule has 0 unspecified atom stereocenters. The van der Waals surface area contributed by atoms with Crippen LogP contribution in [0.15, 0.2) is 24.3 Å². The summed E-state index contributed by atoms with van der Waals surface area (Å²) in [5, 5.41) is 9.75. The van der Waals surface area contributed by atoms with Gasteiger partial charge in [0, 0.05) is 44.2 Å². The minimum atomic E-state index is 0.281. The molecule has 0 amide bonds. The second-order valence-corrected chi connectivity index (χ2v) is 6.21. The van der Waals surface area contributed by atoms with Gasteiger partial charge in [0.25, 0.3) is 0 Å². The van der Waals surface area contributed by atoms with Gasteiger partial charge in [0.05, 0.1) is 11.2 Å². The SMILES string of the molecule is CCC1(CC)CN(Cc2nn(C)c3ccccc23)CCN1. The van der Waals surface area contributed by atoms with Crippen LogP contribution in [0.3, 0.4) is 0 Å². The highest BCUT2D eigenvalue weighted by molar-refractivity contribution is 5.81. The molecule has 1 aliphatic rings. The van der Waals surface area contributed by atoms with Crippen molar-refractivity contribution in [3.63, 3.8) is 0 Å². The standard InChI is InChI=1S/C17H26N4/c1-4-17(5-2)13-21(11-10-18-17)12-15-14-8-6-7-9-16(14)20(3)19-15/h6-9,18H,4-5,10-13H2,1-3H3. The van der Waals surface area contributed by atoms with Crippen molar-refractivity contribution in [1.82, 2.24) is 20.0 Å². The summed E-state index contributed by atoms with van der Waals surface area (Å²) in [4.78, 5) is 2.55. The van der Waals surface area contributed by atoms with Crippen LogP contribution in [-0.2, 0) is 13.6 Å². The summed E-state index contributed by atoms with van der Waals surface area (Å²) >= 11 is 0. The highest BCUT2D eigenvalue weighted by Crippen LogP contribution is 2.23. The molecule has 4 heteroatoms. The molecule has 0 bridgehead atoms. The van der Waals surface area contributed by atoms with Crippen LogP contribution in [0.4, 0.5) is 0 Å². The molecule has 1 aromatic carbocycles. The molecule has 3 rings (SSSR count). The summed E-state index contributed by atoms with van der Waals surface area (Å²) in [6, 6.07) is 8.52. The number of hydrogen-bond donors (Lipinski definition) is 1. The predicted molar refractivity (Wildman–Crippen MR) is 87.3 cm³/mol. The number of aryl methyl sites for hydroxylation is 1. The van der Waals surface area contributed by atoms with E-state index in [1.807, 2.05) is 11.7 Å². The van der Waals surface area contributed by atoms with Gasteiger partial charge in [-0.1, -0.05) is 32.0 Å². The molecule has 0 atom stereocenters. The van der Waals surface area contributed by atoms with Gasteiger partial charge in [0.15, 0.2) is 0 Å². The molecule has 1 N–H and O–H groups in total. The first-order valence-electron chi connectivity index (χ1n) is 8.05. The fourth-order valence-corrected chi connectivity index (χ4v) is 3.52. The van der Waals surface area contributed by atoms with E-state index in [1.165, 1.54) is 29.4 Å². The number of nitrogens with one attached hydrogen (secondary N) is 1. The maximum Gasteiger partial charge on any atom is 0.0843 e. The zero-order chi connectivity index (χ0) is 14.9. The molecule has 1 fully saturated rings. The maximum atomic E-state index is 4.74. The van der Waals surface area contributed by atoms with Crippen LogP contribution in [-0.4, -0.2) is 39.9 Å². The van der Waals surface area contributed by atoms with Crippen molar-refractivity contribution >= 4 is 10.9 Å². The Hall–Kier alpha value is -1.39. The highest BCUT2D eigenvalue weighted by atomic mass is 15.3. The molecule has 0 spiro atoms. The summed E-state index contributed by atoms with van der Waals surface area (Å²) in [5.74, 6) is 0. The Kier molecular flexibility index (Phi) is 4.00. The van der Waals surface area contributed by atoms with E-state index in [4.69, 9.17) is 5.10 Å². The van der Waals surface area contributed by atoms with Gasteiger partial charge in [0.1, 0.15) is 0 Å². The predicted octanol–water partition coefficient (Wildman–Crippen LogP) is 2.54. The van der Waals surface area contributed by atoms with Gasteiger partial charge in [-0.3, -0.25) is 9.58 Å². The lowest BCUT2D eigenvalue weighted by Crippen LogP contribution is -2.59. The first-order valence-corrected chi connectivity index (χ1v) is 8.05. The van der Waals surface area contributed by atoms with E-state index >= 15 is 0 Å². The third kappa shape index (κ3) is 2.70. The topological polar surface area (TPSA) is 33.1 Å². The number of fused-ring (bicyclic) bond motifs is 1. The normalized spacial score (nSPS) is 19.2. The van der Waals surface area contributed by atoms with Gasteiger partial charge in [0.2, 0.25) is 0 Å². The molecule has 114 valence electrons. The number of nitrogens with zero attached hydrogens (tertiary/aromatic N) is 3. The number of aromatic nitrogens is 2. The van der Waals surface area contributed by atoms with Crippen LogP contribution in [0, 0.1) is 0 Å². The van der Waals surface area contributed by atoms with Crippen molar-refractivity contribution in [2.45, 2.75) is 38.8 Å². The Morgan fingerprint density at radius 2 is 2.00 bits per heavy atom. The Bertz CT molecular complexity index is 612.